The van der Waals surface area contributed by atoms with Gasteiger partial charge >= 0.3 is 17.3 Å². The van der Waals surface area contributed by atoms with Crippen molar-refractivity contribution in [2.24, 2.45) is 5.73 Å². The maximum absolute atomic E-state index is 12.6. The number of nitrogens with zero attached hydrogens (tertiary/aromatic N) is 3. The lowest BCUT2D eigenvalue weighted by atomic mass is 10.4. The number of carboxylic acids is 1. The van der Waals surface area contributed by atoms with E-state index in [4.69, 9.17) is 20.3 Å². The molecule has 2 aliphatic rings. The van der Waals surface area contributed by atoms with Gasteiger partial charge in [-0.3, -0.25) is 4.79 Å². The highest BCUT2D eigenvalue weighted by atomic mass is 32.2. The van der Waals surface area contributed by atoms with Gasteiger partial charge in [-0.05, 0) is 0 Å². The average Bonchev–Trinajstić information content (AvgIpc) is 3.49. The van der Waals surface area contributed by atoms with E-state index in [1.54, 1.807) is 0 Å². The lowest BCUT2D eigenvalue weighted by Crippen LogP contribution is -2.35. The van der Waals surface area contributed by atoms with Crippen molar-refractivity contribution in [1.29, 1.82) is 0 Å². The van der Waals surface area contributed by atoms with E-state index in [0.29, 0.717) is 13.2 Å². The van der Waals surface area contributed by atoms with Gasteiger partial charge in [-0.2, -0.15) is 11.8 Å². The summed E-state index contributed by atoms with van der Waals surface area (Å²) in [5.41, 5.74) is 4.46. The highest BCUT2D eigenvalue weighted by Gasteiger charge is 2.30. The highest BCUT2D eigenvalue weighted by molar-refractivity contribution is 7.99. The van der Waals surface area contributed by atoms with E-state index in [-0.39, 0.29) is 43.3 Å². The Morgan fingerprint density at radius 2 is 1.73 bits per heavy atom. The maximum atomic E-state index is 12.6. The molecule has 3 heterocycles. The molecule has 2 aliphatic heterocycles. The van der Waals surface area contributed by atoms with Crippen LogP contribution < -0.4 is 17.1 Å². The monoisotopic (exact) mass is 390 g/mol. The van der Waals surface area contributed by atoms with Crippen LogP contribution in [0.4, 0.5) is 0 Å². The Labute approximate surface area is 152 Å². The van der Waals surface area contributed by atoms with Crippen LogP contribution >= 0.6 is 11.8 Å². The topological polar surface area (TPSA) is 158 Å². The number of carbonyl (C=O) groups is 1. The van der Waals surface area contributed by atoms with E-state index >= 15 is 0 Å². The van der Waals surface area contributed by atoms with Crippen molar-refractivity contribution in [3.8, 4) is 0 Å². The Balaban J connectivity index is 1.67. The number of carboxylic acid groups (broad SMARTS) is 1. The third-order valence-corrected chi connectivity index (χ3v) is 5.29. The van der Waals surface area contributed by atoms with E-state index in [0.717, 1.165) is 4.57 Å². The van der Waals surface area contributed by atoms with E-state index in [2.05, 4.69) is 0 Å². The molecule has 0 radical (unpaired) electrons. The minimum Gasteiger partial charge on any atom is -0.480 e. The molecule has 2 saturated heterocycles. The minimum atomic E-state index is -1.11. The van der Waals surface area contributed by atoms with Crippen LogP contribution in [0.5, 0.6) is 0 Å². The zero-order valence-corrected chi connectivity index (χ0v) is 14.8. The van der Waals surface area contributed by atoms with Crippen molar-refractivity contribution in [3.63, 3.8) is 0 Å². The minimum absolute atomic E-state index is 0.0748. The Hall–Kier alpha value is -1.60. The van der Waals surface area contributed by atoms with Crippen LogP contribution in [0.1, 0.15) is 0 Å². The van der Waals surface area contributed by atoms with Gasteiger partial charge in [0, 0.05) is 11.5 Å². The SMILES string of the molecule is NC(CSCC(O)Cn1c(=O)n(CC2CO2)c(=O)n1CC1CO1)C(=O)O. The first-order chi connectivity index (χ1) is 12.4. The number of rotatable bonds is 11. The second-order valence-corrected chi connectivity index (χ2v) is 7.46. The van der Waals surface area contributed by atoms with Crippen molar-refractivity contribution in [1.82, 2.24) is 13.9 Å². The number of aromatic nitrogens is 3. The first-order valence-corrected chi connectivity index (χ1v) is 9.40. The zero-order valence-electron chi connectivity index (χ0n) is 14.0. The summed E-state index contributed by atoms with van der Waals surface area (Å²) in [5, 5.41) is 18.9. The van der Waals surface area contributed by atoms with Crippen molar-refractivity contribution in [2.45, 2.75) is 44.0 Å². The average molecular weight is 390 g/mol. The van der Waals surface area contributed by atoms with Gasteiger partial charge in [-0.15, -0.1) is 0 Å². The third-order valence-electron chi connectivity index (χ3n) is 4.07. The second kappa shape index (κ2) is 7.96. The fraction of sp³-hybridized carbons (Fsp3) is 0.786. The standard InChI is InChI=1S/C14H22N4O7S/c15-11(12(20)21)7-26-6-8(19)1-17-13(22)16(2-9-4-24-9)14(23)18(17)3-10-5-25-10/h8-11,19H,1-7,15H2,(H,20,21). The van der Waals surface area contributed by atoms with Crippen LogP contribution in [-0.2, 0) is 33.9 Å². The van der Waals surface area contributed by atoms with E-state index in [1.807, 2.05) is 0 Å². The molecule has 0 aliphatic carbocycles. The first kappa shape index (κ1) is 19.2. The van der Waals surface area contributed by atoms with Gasteiger partial charge in [0.15, 0.2) is 0 Å². The van der Waals surface area contributed by atoms with Crippen molar-refractivity contribution >= 4 is 17.7 Å². The van der Waals surface area contributed by atoms with Crippen molar-refractivity contribution < 1.29 is 24.5 Å². The van der Waals surface area contributed by atoms with Gasteiger partial charge in [-0.25, -0.2) is 23.5 Å². The van der Waals surface area contributed by atoms with Gasteiger partial charge < -0.3 is 25.4 Å². The molecule has 4 N–H and O–H groups in total. The molecule has 1 aromatic rings. The van der Waals surface area contributed by atoms with Crippen LogP contribution in [-0.4, -0.2) is 79.2 Å². The molecule has 2 fully saturated rings. The predicted molar refractivity (Wildman–Crippen MR) is 91.4 cm³/mol. The Kier molecular flexibility index (Phi) is 5.87. The normalized spacial score (nSPS) is 23.6. The largest absolute Gasteiger partial charge is 0.480 e. The maximum Gasteiger partial charge on any atom is 0.347 e. The molecule has 4 atom stereocenters. The molecule has 26 heavy (non-hydrogen) atoms. The van der Waals surface area contributed by atoms with Gasteiger partial charge in [-0.1, -0.05) is 0 Å². The fourth-order valence-corrected chi connectivity index (χ4v) is 3.38. The Morgan fingerprint density at radius 3 is 2.31 bits per heavy atom. The van der Waals surface area contributed by atoms with Crippen molar-refractivity contribution in [3.05, 3.63) is 21.0 Å². The number of hydrogen-bond donors (Lipinski definition) is 3. The first-order valence-electron chi connectivity index (χ1n) is 8.24. The highest BCUT2D eigenvalue weighted by Crippen LogP contribution is 2.12. The summed E-state index contributed by atoms with van der Waals surface area (Å²) in [6, 6.07) is -1.01. The number of aliphatic carboxylic acids is 1. The molecule has 0 bridgehead atoms. The number of nitrogens with two attached hydrogens (primary N) is 1. The van der Waals surface area contributed by atoms with E-state index < -0.39 is 29.5 Å². The number of hydrogen-bond acceptors (Lipinski definition) is 8. The molecule has 0 amide bonds. The van der Waals surface area contributed by atoms with Crippen LogP contribution in [0, 0.1) is 0 Å². The number of thioether (sulfide) groups is 1. The molecule has 0 saturated carbocycles. The van der Waals surface area contributed by atoms with Crippen LogP contribution in [0.15, 0.2) is 9.59 Å². The molecule has 0 spiro atoms. The molecular weight excluding hydrogens is 368 g/mol. The van der Waals surface area contributed by atoms with Crippen LogP contribution in [0.3, 0.4) is 0 Å². The van der Waals surface area contributed by atoms with Gasteiger partial charge in [0.25, 0.3) is 0 Å². The summed E-state index contributed by atoms with van der Waals surface area (Å²) in [6.45, 7) is 1.41. The summed E-state index contributed by atoms with van der Waals surface area (Å²) in [5.74, 6) is -0.775. The van der Waals surface area contributed by atoms with Crippen LogP contribution in [0.2, 0.25) is 0 Å². The summed E-state index contributed by atoms with van der Waals surface area (Å²) in [6.07, 6.45) is -1.16. The molecule has 4 unspecified atom stereocenters. The molecular formula is C14H22N4O7S. The molecule has 11 nitrogen and oxygen atoms in total. The zero-order chi connectivity index (χ0) is 18.8. The Morgan fingerprint density at radius 1 is 1.15 bits per heavy atom. The quantitative estimate of drug-likeness (QED) is 0.337. The predicted octanol–water partition coefficient (Wildman–Crippen LogP) is -2.88. The second-order valence-electron chi connectivity index (χ2n) is 6.39. The summed E-state index contributed by atoms with van der Waals surface area (Å²) in [4.78, 5) is 35.8. The fourth-order valence-electron chi connectivity index (χ4n) is 2.47. The van der Waals surface area contributed by atoms with Crippen molar-refractivity contribution in [2.75, 3.05) is 24.7 Å². The molecule has 12 heteroatoms. The number of ether oxygens (including phenoxy) is 2. The number of epoxide rings is 2. The third kappa shape index (κ3) is 4.76. The smallest absolute Gasteiger partial charge is 0.347 e. The molecule has 3 rings (SSSR count). The van der Waals surface area contributed by atoms with E-state index in [9.17, 15) is 19.5 Å². The van der Waals surface area contributed by atoms with Gasteiger partial charge in [0.2, 0.25) is 0 Å². The van der Waals surface area contributed by atoms with Crippen LogP contribution in [0.25, 0.3) is 0 Å². The lowest BCUT2D eigenvalue weighted by Gasteiger charge is -2.14. The lowest BCUT2D eigenvalue weighted by molar-refractivity contribution is -0.137. The molecule has 1 aromatic heterocycles. The number of aliphatic hydroxyl groups is 1. The molecule has 146 valence electrons. The summed E-state index contributed by atoms with van der Waals surface area (Å²) in [7, 11) is 0. The van der Waals surface area contributed by atoms with Gasteiger partial charge in [0.1, 0.15) is 12.1 Å². The van der Waals surface area contributed by atoms with E-state index in [1.165, 1.54) is 21.1 Å². The Bertz CT molecular complexity index is 764. The summed E-state index contributed by atoms with van der Waals surface area (Å²) < 4.78 is 13.8. The van der Waals surface area contributed by atoms with Gasteiger partial charge in [0.05, 0.1) is 45.1 Å². The summed E-state index contributed by atoms with van der Waals surface area (Å²) >= 11 is 1.18. The molecule has 0 aromatic carbocycles. The number of aliphatic hydroxyl groups excluding tert-OH is 1.